The topological polar surface area (TPSA) is 61.8 Å². The smallest absolute Gasteiger partial charge is 0.415 e. The fourth-order valence-corrected chi connectivity index (χ4v) is 5.42. The number of amides is 1. The number of piperidine rings is 2. The van der Waals surface area contributed by atoms with Crippen LogP contribution in [0.5, 0.6) is 11.5 Å². The van der Waals surface area contributed by atoms with E-state index in [1.807, 2.05) is 45.0 Å². The molecule has 2 fully saturated rings. The van der Waals surface area contributed by atoms with Crippen LogP contribution in [0.1, 0.15) is 69.4 Å². The van der Waals surface area contributed by atoms with Crippen LogP contribution in [0.4, 0.5) is 13.6 Å². The third-order valence-electron chi connectivity index (χ3n) is 7.20. The van der Waals surface area contributed by atoms with Crippen molar-refractivity contribution < 1.29 is 23.4 Å². The van der Waals surface area contributed by atoms with Crippen LogP contribution in [0.25, 0.3) is 0 Å². The minimum Gasteiger partial charge on any atom is -0.508 e. The summed E-state index contributed by atoms with van der Waals surface area (Å²) >= 11 is 0. The number of aromatic hydroxyl groups is 1. The summed E-state index contributed by atoms with van der Waals surface area (Å²) in [5.74, 6) is -1.39. The summed E-state index contributed by atoms with van der Waals surface area (Å²) in [6.07, 6.45) is 2.39. The second-order valence-electron chi connectivity index (χ2n) is 10.5. The van der Waals surface area contributed by atoms with Crippen molar-refractivity contribution in [3.05, 3.63) is 59.2 Å². The average molecular weight is 473 g/mol. The molecule has 2 N–H and O–H groups in total. The van der Waals surface area contributed by atoms with E-state index < -0.39 is 29.4 Å². The van der Waals surface area contributed by atoms with Crippen molar-refractivity contribution >= 4 is 6.09 Å². The van der Waals surface area contributed by atoms with E-state index >= 15 is 0 Å². The van der Waals surface area contributed by atoms with Gasteiger partial charge in [-0.15, -0.1) is 0 Å². The molecule has 7 heteroatoms. The van der Waals surface area contributed by atoms with Crippen molar-refractivity contribution in [3.8, 4) is 11.5 Å². The van der Waals surface area contributed by atoms with Crippen LogP contribution < -0.4 is 10.1 Å². The Kier molecular flexibility index (Phi) is 7.12. The van der Waals surface area contributed by atoms with Crippen molar-refractivity contribution in [1.82, 2.24) is 10.2 Å². The maximum atomic E-state index is 14.6. The fraction of sp³-hybridized carbons (Fsp3) is 0.519. The third-order valence-corrected chi connectivity index (χ3v) is 7.20. The van der Waals surface area contributed by atoms with E-state index in [4.69, 9.17) is 4.74 Å². The van der Waals surface area contributed by atoms with Crippen molar-refractivity contribution in [2.45, 2.75) is 64.3 Å². The Morgan fingerprint density at radius 1 is 1.06 bits per heavy atom. The molecule has 184 valence electrons. The molecule has 2 saturated heterocycles. The molecule has 2 atom stereocenters. The number of carbonyl (C=O) groups is 1. The van der Waals surface area contributed by atoms with Gasteiger partial charge in [-0.05, 0) is 67.7 Å². The van der Waals surface area contributed by atoms with Crippen molar-refractivity contribution in [1.29, 1.82) is 0 Å². The zero-order valence-corrected chi connectivity index (χ0v) is 20.1. The van der Waals surface area contributed by atoms with Crippen molar-refractivity contribution in [3.63, 3.8) is 0 Å². The van der Waals surface area contributed by atoms with E-state index in [1.165, 1.54) is 0 Å². The molecule has 2 aliphatic rings. The van der Waals surface area contributed by atoms with Crippen LogP contribution in [0.2, 0.25) is 0 Å². The maximum absolute atomic E-state index is 14.6. The largest absolute Gasteiger partial charge is 0.508 e. The summed E-state index contributed by atoms with van der Waals surface area (Å²) < 4.78 is 35.1. The molecule has 5 nitrogen and oxygen atoms in total. The molecule has 0 saturated carbocycles. The highest BCUT2D eigenvalue weighted by Gasteiger charge is 2.41. The van der Waals surface area contributed by atoms with Gasteiger partial charge in [0.1, 0.15) is 23.1 Å². The molecule has 34 heavy (non-hydrogen) atoms. The van der Waals surface area contributed by atoms with Crippen LogP contribution in [-0.2, 0) is 0 Å². The molecule has 1 amide bonds. The normalized spacial score (nSPS) is 22.0. The Bertz CT molecular complexity index is 1010. The molecule has 0 radical (unpaired) electrons. The number of likely N-dealkylation sites (tertiary alicyclic amines) is 1. The molecule has 0 bridgehead atoms. The van der Waals surface area contributed by atoms with Crippen molar-refractivity contribution in [2.24, 2.45) is 5.41 Å². The highest BCUT2D eigenvalue weighted by molar-refractivity contribution is 5.72. The summed E-state index contributed by atoms with van der Waals surface area (Å²) in [7, 11) is 0. The van der Waals surface area contributed by atoms with E-state index in [0.717, 1.165) is 43.6 Å². The average Bonchev–Trinajstić information content (AvgIpc) is 2.78. The number of nitrogens with one attached hydrogen (secondary N) is 1. The molecular formula is C27H34F2N2O3. The van der Waals surface area contributed by atoms with Gasteiger partial charge in [0.05, 0.1) is 0 Å². The Morgan fingerprint density at radius 2 is 1.71 bits per heavy atom. The molecule has 2 aliphatic heterocycles. The summed E-state index contributed by atoms with van der Waals surface area (Å²) in [4.78, 5) is 15.1. The standard InChI is InChI=1S/C27H34F2N2O3/c1-27(2,3)24-14-18(25-21(28)15-19(32)16-22(25)29)10-13-31(24)26(33)34-23-7-5-4-6-20(23)17-8-11-30-12-9-17/h4-7,15-18,24,30,32H,8-14H2,1-3H3. The fourth-order valence-electron chi connectivity index (χ4n) is 5.42. The van der Waals surface area contributed by atoms with Crippen LogP contribution in [-0.4, -0.2) is 41.8 Å². The first-order chi connectivity index (χ1) is 16.1. The van der Waals surface area contributed by atoms with Gasteiger partial charge >= 0.3 is 6.09 Å². The Labute approximate surface area is 200 Å². The Morgan fingerprint density at radius 3 is 2.35 bits per heavy atom. The Balaban J connectivity index is 1.55. The quantitative estimate of drug-likeness (QED) is 0.581. The highest BCUT2D eigenvalue weighted by Crippen LogP contribution is 2.42. The van der Waals surface area contributed by atoms with Gasteiger partial charge in [0.15, 0.2) is 0 Å². The van der Waals surface area contributed by atoms with E-state index in [-0.39, 0.29) is 17.0 Å². The molecule has 2 heterocycles. The molecule has 0 spiro atoms. The lowest BCUT2D eigenvalue weighted by Crippen LogP contribution is -2.52. The van der Waals surface area contributed by atoms with Gasteiger partial charge in [0.25, 0.3) is 0 Å². The number of rotatable bonds is 3. The van der Waals surface area contributed by atoms with Gasteiger partial charge < -0.3 is 20.1 Å². The molecule has 0 aliphatic carbocycles. The SMILES string of the molecule is CC(C)(C)C1CC(c2c(F)cc(O)cc2F)CCN1C(=O)Oc1ccccc1C1CCNCC1. The van der Waals surface area contributed by atoms with Gasteiger partial charge in [-0.2, -0.15) is 0 Å². The molecular weight excluding hydrogens is 438 g/mol. The third kappa shape index (κ3) is 5.19. The molecule has 0 aromatic heterocycles. The van der Waals surface area contributed by atoms with E-state index in [9.17, 15) is 18.7 Å². The molecule has 2 unspecified atom stereocenters. The van der Waals surface area contributed by atoms with Gasteiger partial charge in [-0.25, -0.2) is 13.6 Å². The second kappa shape index (κ2) is 9.90. The lowest BCUT2D eigenvalue weighted by Gasteiger charge is -2.45. The first kappa shape index (κ1) is 24.5. The number of ether oxygens (including phenoxy) is 1. The molecule has 2 aromatic carbocycles. The molecule has 4 rings (SSSR count). The van der Waals surface area contributed by atoms with E-state index in [2.05, 4.69) is 5.32 Å². The van der Waals surface area contributed by atoms with Gasteiger partial charge in [0, 0.05) is 30.3 Å². The van der Waals surface area contributed by atoms with Crippen molar-refractivity contribution in [2.75, 3.05) is 19.6 Å². The number of hydrogen-bond donors (Lipinski definition) is 2. The van der Waals surface area contributed by atoms with Gasteiger partial charge in [-0.3, -0.25) is 0 Å². The number of para-hydroxylation sites is 1. The lowest BCUT2D eigenvalue weighted by atomic mass is 9.75. The van der Waals surface area contributed by atoms with Crippen LogP contribution in [0.15, 0.2) is 36.4 Å². The zero-order valence-electron chi connectivity index (χ0n) is 20.1. The summed E-state index contributed by atoms with van der Waals surface area (Å²) in [5, 5.41) is 12.9. The summed E-state index contributed by atoms with van der Waals surface area (Å²) in [5.41, 5.74) is 0.708. The second-order valence-corrected chi connectivity index (χ2v) is 10.5. The number of nitrogens with zero attached hydrogens (tertiary/aromatic N) is 1. The monoisotopic (exact) mass is 472 g/mol. The maximum Gasteiger partial charge on any atom is 0.415 e. The van der Waals surface area contributed by atoms with Gasteiger partial charge in [-0.1, -0.05) is 39.0 Å². The van der Waals surface area contributed by atoms with Crippen LogP contribution in [0.3, 0.4) is 0 Å². The number of phenols is 1. The number of carbonyl (C=O) groups excluding carboxylic acids is 1. The van der Waals surface area contributed by atoms with E-state index in [0.29, 0.717) is 31.1 Å². The minimum atomic E-state index is -0.748. The number of halogens is 2. The summed E-state index contributed by atoms with van der Waals surface area (Å²) in [6, 6.07) is 9.34. The number of hydrogen-bond acceptors (Lipinski definition) is 4. The van der Waals surface area contributed by atoms with Gasteiger partial charge in [0.2, 0.25) is 0 Å². The minimum absolute atomic E-state index is 0.0173. The highest BCUT2D eigenvalue weighted by atomic mass is 19.1. The van der Waals surface area contributed by atoms with E-state index in [1.54, 1.807) is 4.90 Å². The zero-order chi connectivity index (χ0) is 24.5. The predicted molar refractivity (Wildman–Crippen MR) is 127 cm³/mol. The summed E-state index contributed by atoms with van der Waals surface area (Å²) in [6.45, 7) is 8.28. The van der Waals surface area contributed by atoms with Crippen LogP contribution >= 0.6 is 0 Å². The lowest BCUT2D eigenvalue weighted by molar-refractivity contribution is 0.0555. The Hall–Kier alpha value is -2.67. The number of benzene rings is 2. The first-order valence-corrected chi connectivity index (χ1v) is 12.1. The molecule has 2 aromatic rings. The number of phenolic OH excluding ortho intramolecular Hbond substituents is 1. The predicted octanol–water partition coefficient (Wildman–Crippen LogP) is 5.93. The first-order valence-electron chi connectivity index (χ1n) is 12.1. The van der Waals surface area contributed by atoms with Crippen LogP contribution in [0, 0.1) is 17.0 Å².